The highest BCUT2D eigenvalue weighted by Crippen LogP contribution is 2.33. The minimum Gasteiger partial charge on any atom is -0.375 e. The average molecular weight is 291 g/mol. The van der Waals surface area contributed by atoms with Gasteiger partial charge in [0.1, 0.15) is 5.82 Å². The van der Waals surface area contributed by atoms with Crippen LogP contribution in [-0.4, -0.2) is 19.1 Å². The maximum Gasteiger partial charge on any atom is 0.320 e. The van der Waals surface area contributed by atoms with Crippen LogP contribution in [0.4, 0.5) is 4.79 Å². The van der Waals surface area contributed by atoms with Gasteiger partial charge in [-0.25, -0.2) is 4.79 Å². The van der Waals surface area contributed by atoms with E-state index in [2.05, 4.69) is 36.4 Å². The van der Waals surface area contributed by atoms with Crippen LogP contribution < -0.4 is 16.0 Å². The van der Waals surface area contributed by atoms with E-state index in [-0.39, 0.29) is 12.1 Å². The second-order valence-electron chi connectivity index (χ2n) is 5.52. The zero-order valence-electron chi connectivity index (χ0n) is 13.8. The lowest BCUT2D eigenvalue weighted by Crippen LogP contribution is -2.45. The molecular weight excluding hydrogens is 262 g/mol. The van der Waals surface area contributed by atoms with Crippen molar-refractivity contribution in [2.75, 3.05) is 7.05 Å². The fourth-order valence-corrected chi connectivity index (χ4v) is 2.93. The van der Waals surface area contributed by atoms with Gasteiger partial charge >= 0.3 is 6.03 Å². The summed E-state index contributed by atoms with van der Waals surface area (Å²) in [5.74, 6) is 1.29. The van der Waals surface area contributed by atoms with Crippen molar-refractivity contribution in [3.63, 3.8) is 0 Å². The molecule has 4 nitrogen and oxygen atoms in total. The van der Waals surface area contributed by atoms with E-state index >= 15 is 0 Å². The van der Waals surface area contributed by atoms with E-state index in [1.54, 1.807) is 7.05 Å². The zero-order chi connectivity index (χ0) is 15.8. The predicted molar refractivity (Wildman–Crippen MR) is 88.8 cm³/mol. The summed E-state index contributed by atoms with van der Waals surface area (Å²) in [6, 6.07) is -0.109. The summed E-state index contributed by atoms with van der Waals surface area (Å²) >= 11 is 0. The lowest BCUT2D eigenvalue weighted by molar-refractivity contribution is 0.238. The van der Waals surface area contributed by atoms with Crippen molar-refractivity contribution in [2.24, 2.45) is 5.92 Å². The Balaban J connectivity index is 2.82. The van der Waals surface area contributed by atoms with Gasteiger partial charge in [-0.3, -0.25) is 5.32 Å². The van der Waals surface area contributed by atoms with Gasteiger partial charge in [-0.05, 0) is 43.8 Å². The third kappa shape index (κ3) is 4.66. The maximum absolute atomic E-state index is 12.1. The Kier molecular flexibility index (Phi) is 7.06. The molecule has 0 aromatic carbocycles. The van der Waals surface area contributed by atoms with E-state index in [1.807, 2.05) is 19.1 Å². The summed E-state index contributed by atoms with van der Waals surface area (Å²) < 4.78 is 0. The molecule has 4 heteroatoms. The molecule has 0 unspecified atom stereocenters. The second-order valence-corrected chi connectivity index (χ2v) is 5.52. The van der Waals surface area contributed by atoms with Crippen LogP contribution in [0.15, 0.2) is 35.7 Å². The summed E-state index contributed by atoms with van der Waals surface area (Å²) in [4.78, 5) is 12.1. The number of carbonyl (C=O) groups is 1. The smallest absolute Gasteiger partial charge is 0.320 e. The van der Waals surface area contributed by atoms with E-state index in [0.29, 0.717) is 11.7 Å². The minimum absolute atomic E-state index is 0.0650. The standard InChI is InChI=1S/C17H29N3O/c1-6-9-14-12(4)10-11-15(13(14)7-2)19-17(21)20-16(8-3)18-5/h7-8,12,15,18H,2,6,9-11H2,1,3-5H3,(H2,19,20,21)/b16-8+/t12-,15+/m1/s1. The molecule has 0 aromatic heterocycles. The molecule has 118 valence electrons. The van der Waals surface area contributed by atoms with Crippen molar-refractivity contribution in [3.8, 4) is 0 Å². The van der Waals surface area contributed by atoms with Gasteiger partial charge < -0.3 is 10.6 Å². The van der Waals surface area contributed by atoms with Crippen LogP contribution in [0.5, 0.6) is 0 Å². The normalized spacial score (nSPS) is 22.8. The largest absolute Gasteiger partial charge is 0.375 e. The van der Waals surface area contributed by atoms with Crippen LogP contribution in [0, 0.1) is 5.92 Å². The van der Waals surface area contributed by atoms with Crippen LogP contribution in [0.3, 0.4) is 0 Å². The van der Waals surface area contributed by atoms with Crippen molar-refractivity contribution in [2.45, 2.75) is 52.5 Å². The first kappa shape index (κ1) is 17.3. The number of urea groups is 1. The Morgan fingerprint density at radius 2 is 2.14 bits per heavy atom. The first-order chi connectivity index (χ1) is 10.1. The fourth-order valence-electron chi connectivity index (χ4n) is 2.93. The Morgan fingerprint density at radius 3 is 2.67 bits per heavy atom. The summed E-state index contributed by atoms with van der Waals surface area (Å²) in [5, 5.41) is 8.82. The van der Waals surface area contributed by atoms with Gasteiger partial charge in [-0.1, -0.05) is 38.5 Å². The molecule has 1 aliphatic carbocycles. The van der Waals surface area contributed by atoms with Crippen molar-refractivity contribution in [1.29, 1.82) is 0 Å². The number of nitrogens with one attached hydrogen (secondary N) is 3. The van der Waals surface area contributed by atoms with Gasteiger partial charge in [-0.15, -0.1) is 0 Å². The molecule has 0 fully saturated rings. The van der Waals surface area contributed by atoms with E-state index in [0.717, 1.165) is 25.7 Å². The van der Waals surface area contributed by atoms with Crippen molar-refractivity contribution < 1.29 is 4.79 Å². The number of allylic oxidation sites excluding steroid dienone is 2. The van der Waals surface area contributed by atoms with Crippen LogP contribution >= 0.6 is 0 Å². The van der Waals surface area contributed by atoms with Gasteiger partial charge in [0.05, 0.1) is 6.04 Å². The molecule has 21 heavy (non-hydrogen) atoms. The lowest BCUT2D eigenvalue weighted by atomic mass is 9.79. The molecule has 0 saturated carbocycles. The number of amides is 2. The second kappa shape index (κ2) is 8.55. The van der Waals surface area contributed by atoms with Gasteiger partial charge in [0.15, 0.2) is 0 Å². The first-order valence-corrected chi connectivity index (χ1v) is 7.84. The molecule has 0 aromatic rings. The molecule has 2 amide bonds. The molecule has 3 N–H and O–H groups in total. The topological polar surface area (TPSA) is 53.2 Å². The first-order valence-electron chi connectivity index (χ1n) is 7.84. The average Bonchev–Trinajstić information content (AvgIpc) is 2.48. The molecule has 2 atom stereocenters. The van der Waals surface area contributed by atoms with Crippen LogP contribution in [-0.2, 0) is 0 Å². The highest BCUT2D eigenvalue weighted by Gasteiger charge is 2.26. The molecule has 0 aliphatic heterocycles. The monoisotopic (exact) mass is 291 g/mol. The third-order valence-electron chi connectivity index (χ3n) is 4.08. The van der Waals surface area contributed by atoms with Crippen LogP contribution in [0.2, 0.25) is 0 Å². The highest BCUT2D eigenvalue weighted by atomic mass is 16.2. The fraction of sp³-hybridized carbons (Fsp3) is 0.588. The van der Waals surface area contributed by atoms with Gasteiger partial charge in [0.25, 0.3) is 0 Å². The maximum atomic E-state index is 12.1. The minimum atomic E-state index is -0.174. The van der Waals surface area contributed by atoms with Gasteiger partial charge in [-0.2, -0.15) is 0 Å². The van der Waals surface area contributed by atoms with E-state index in [9.17, 15) is 4.79 Å². The molecule has 1 rings (SSSR count). The number of hydrogen-bond acceptors (Lipinski definition) is 2. The molecule has 0 spiro atoms. The Labute approximate surface area is 128 Å². The SMILES string of the molecule is C=CC1=C(CCC)[C@H](C)CC[C@@H]1NC(=O)N/C(=C/C)NC. The number of rotatable bonds is 6. The summed E-state index contributed by atoms with van der Waals surface area (Å²) in [6.45, 7) is 10.3. The third-order valence-corrected chi connectivity index (χ3v) is 4.08. The Morgan fingerprint density at radius 1 is 1.43 bits per heavy atom. The predicted octanol–water partition coefficient (Wildman–Crippen LogP) is 3.45. The van der Waals surface area contributed by atoms with Crippen LogP contribution in [0.1, 0.15) is 46.5 Å². The number of hydrogen-bond donors (Lipinski definition) is 3. The summed E-state index contributed by atoms with van der Waals surface area (Å²) in [7, 11) is 1.78. The molecule has 0 radical (unpaired) electrons. The molecule has 0 saturated heterocycles. The number of carbonyl (C=O) groups excluding carboxylic acids is 1. The molecular formula is C17H29N3O. The van der Waals surface area contributed by atoms with Crippen LogP contribution in [0.25, 0.3) is 0 Å². The van der Waals surface area contributed by atoms with E-state index in [1.165, 1.54) is 11.1 Å². The van der Waals surface area contributed by atoms with Crippen molar-refractivity contribution in [3.05, 3.63) is 35.7 Å². The Bertz CT molecular complexity index is 437. The quantitative estimate of drug-likeness (QED) is 0.702. The van der Waals surface area contributed by atoms with E-state index < -0.39 is 0 Å². The highest BCUT2D eigenvalue weighted by molar-refractivity contribution is 5.76. The lowest BCUT2D eigenvalue weighted by Gasteiger charge is -2.32. The summed E-state index contributed by atoms with van der Waals surface area (Å²) in [6.07, 6.45) is 8.03. The molecule has 1 aliphatic rings. The van der Waals surface area contributed by atoms with Crippen molar-refractivity contribution in [1.82, 2.24) is 16.0 Å². The van der Waals surface area contributed by atoms with Gasteiger partial charge in [0, 0.05) is 7.05 Å². The Hall–Kier alpha value is -1.71. The summed E-state index contributed by atoms with van der Waals surface area (Å²) in [5.41, 5.74) is 2.65. The van der Waals surface area contributed by atoms with Gasteiger partial charge in [0.2, 0.25) is 0 Å². The van der Waals surface area contributed by atoms with E-state index in [4.69, 9.17) is 0 Å². The molecule has 0 heterocycles. The zero-order valence-corrected chi connectivity index (χ0v) is 13.8. The molecule has 0 bridgehead atoms. The van der Waals surface area contributed by atoms with Crippen molar-refractivity contribution >= 4 is 6.03 Å².